The van der Waals surface area contributed by atoms with Crippen molar-refractivity contribution in [2.75, 3.05) is 67.0 Å². The molecule has 0 atom stereocenters. The van der Waals surface area contributed by atoms with Gasteiger partial charge in [-0.15, -0.1) is 0 Å². The molecule has 0 saturated carbocycles. The Bertz CT molecular complexity index is 428. The van der Waals surface area contributed by atoms with Gasteiger partial charge in [0.1, 0.15) is 12.4 Å². The van der Waals surface area contributed by atoms with Crippen LogP contribution in [-0.4, -0.2) is 81.7 Å². The molecule has 0 amide bonds. The zero-order valence-electron chi connectivity index (χ0n) is 14.4. The van der Waals surface area contributed by atoms with Crippen LogP contribution in [0.2, 0.25) is 0 Å². The third-order valence-electron chi connectivity index (χ3n) is 4.24. The van der Waals surface area contributed by atoms with Crippen LogP contribution in [0.15, 0.2) is 24.3 Å². The Labute approximate surface area is 135 Å². The Morgan fingerprint density at radius 1 is 1.14 bits per heavy atom. The van der Waals surface area contributed by atoms with Gasteiger partial charge >= 0.3 is 0 Å². The van der Waals surface area contributed by atoms with Crippen molar-refractivity contribution in [2.45, 2.75) is 12.8 Å². The SMILES string of the molecule is CN(C)CCOc1cccc(CCCN2CCN(C)CC2)c1. The fourth-order valence-corrected chi connectivity index (χ4v) is 2.72. The maximum Gasteiger partial charge on any atom is 0.119 e. The molecule has 0 aromatic heterocycles. The molecule has 0 aliphatic carbocycles. The molecule has 2 rings (SSSR count). The van der Waals surface area contributed by atoms with Crippen LogP contribution in [0.4, 0.5) is 0 Å². The highest BCUT2D eigenvalue weighted by molar-refractivity contribution is 5.28. The molecular formula is C18H31N3O. The summed E-state index contributed by atoms with van der Waals surface area (Å²) in [7, 11) is 6.34. The van der Waals surface area contributed by atoms with Crippen LogP contribution in [0.1, 0.15) is 12.0 Å². The van der Waals surface area contributed by atoms with Crippen LogP contribution >= 0.6 is 0 Å². The minimum atomic E-state index is 0.748. The highest BCUT2D eigenvalue weighted by atomic mass is 16.5. The minimum absolute atomic E-state index is 0.748. The second-order valence-electron chi connectivity index (χ2n) is 6.55. The van der Waals surface area contributed by atoms with Crippen LogP contribution in [0, 0.1) is 0 Å². The molecule has 1 aromatic rings. The number of likely N-dealkylation sites (N-methyl/N-ethyl adjacent to an activating group) is 2. The maximum atomic E-state index is 5.81. The van der Waals surface area contributed by atoms with Crippen LogP contribution in [-0.2, 0) is 6.42 Å². The van der Waals surface area contributed by atoms with E-state index in [-0.39, 0.29) is 0 Å². The highest BCUT2D eigenvalue weighted by Gasteiger charge is 2.12. The van der Waals surface area contributed by atoms with E-state index < -0.39 is 0 Å². The maximum absolute atomic E-state index is 5.81. The van der Waals surface area contributed by atoms with Gasteiger partial charge in [0.15, 0.2) is 0 Å². The van der Waals surface area contributed by atoms with Crippen LogP contribution in [0.25, 0.3) is 0 Å². The van der Waals surface area contributed by atoms with E-state index >= 15 is 0 Å². The van der Waals surface area contributed by atoms with Gasteiger partial charge in [0.05, 0.1) is 0 Å². The molecule has 124 valence electrons. The molecule has 1 aliphatic heterocycles. The number of rotatable bonds is 8. The highest BCUT2D eigenvalue weighted by Crippen LogP contribution is 2.15. The number of piperazine rings is 1. The lowest BCUT2D eigenvalue weighted by Crippen LogP contribution is -2.44. The lowest BCUT2D eigenvalue weighted by Gasteiger charge is -2.32. The van der Waals surface area contributed by atoms with Gasteiger partial charge in [0.2, 0.25) is 0 Å². The molecule has 0 N–H and O–H groups in total. The zero-order chi connectivity index (χ0) is 15.8. The number of hydrogen-bond donors (Lipinski definition) is 0. The Kier molecular flexibility index (Phi) is 7.16. The third-order valence-corrected chi connectivity index (χ3v) is 4.24. The van der Waals surface area contributed by atoms with Gasteiger partial charge in [-0.2, -0.15) is 0 Å². The Morgan fingerprint density at radius 2 is 1.91 bits per heavy atom. The summed E-state index contributed by atoms with van der Waals surface area (Å²) in [6.07, 6.45) is 2.36. The number of ether oxygens (including phenoxy) is 1. The van der Waals surface area contributed by atoms with Crippen molar-refractivity contribution in [3.05, 3.63) is 29.8 Å². The van der Waals surface area contributed by atoms with E-state index in [2.05, 4.69) is 60.1 Å². The van der Waals surface area contributed by atoms with E-state index in [9.17, 15) is 0 Å². The second kappa shape index (κ2) is 9.13. The molecule has 4 heteroatoms. The molecule has 0 bridgehead atoms. The van der Waals surface area contributed by atoms with E-state index in [1.807, 2.05) is 0 Å². The third kappa shape index (κ3) is 6.34. The average Bonchev–Trinajstić information content (AvgIpc) is 2.49. The van der Waals surface area contributed by atoms with Crippen molar-refractivity contribution in [1.29, 1.82) is 0 Å². The van der Waals surface area contributed by atoms with Gasteiger partial charge in [-0.25, -0.2) is 0 Å². The summed E-state index contributed by atoms with van der Waals surface area (Å²) in [6, 6.07) is 8.57. The molecule has 4 nitrogen and oxygen atoms in total. The van der Waals surface area contributed by atoms with Gasteiger partial charge in [-0.05, 0) is 58.2 Å². The largest absolute Gasteiger partial charge is 0.492 e. The van der Waals surface area contributed by atoms with Gasteiger partial charge in [0, 0.05) is 32.7 Å². The molecule has 1 aliphatic rings. The predicted molar refractivity (Wildman–Crippen MR) is 92.7 cm³/mol. The number of aryl methyl sites for hydroxylation is 1. The van der Waals surface area contributed by atoms with Crippen LogP contribution in [0.5, 0.6) is 5.75 Å². The Morgan fingerprint density at radius 3 is 2.64 bits per heavy atom. The molecule has 0 unspecified atom stereocenters. The van der Waals surface area contributed by atoms with Crippen molar-refractivity contribution < 1.29 is 4.74 Å². The molecule has 1 fully saturated rings. The monoisotopic (exact) mass is 305 g/mol. The first-order valence-electron chi connectivity index (χ1n) is 8.41. The van der Waals surface area contributed by atoms with E-state index in [1.165, 1.54) is 44.7 Å². The molecule has 1 aromatic carbocycles. The van der Waals surface area contributed by atoms with E-state index in [0.717, 1.165) is 25.3 Å². The van der Waals surface area contributed by atoms with Gasteiger partial charge in [-0.1, -0.05) is 12.1 Å². The smallest absolute Gasteiger partial charge is 0.119 e. The second-order valence-corrected chi connectivity index (χ2v) is 6.55. The van der Waals surface area contributed by atoms with Gasteiger partial charge in [-0.3, -0.25) is 0 Å². The van der Waals surface area contributed by atoms with Crippen molar-refractivity contribution >= 4 is 0 Å². The predicted octanol–water partition coefficient (Wildman–Crippen LogP) is 1.81. The molecule has 1 saturated heterocycles. The standard InChI is InChI=1S/C18H31N3O/c1-19(2)14-15-22-18-8-4-6-17(16-18)7-5-9-21-12-10-20(3)11-13-21/h4,6,8,16H,5,7,9-15H2,1-3H3. The summed E-state index contributed by atoms with van der Waals surface area (Å²) in [6.45, 7) is 7.74. The first-order chi connectivity index (χ1) is 10.6. The quantitative estimate of drug-likeness (QED) is 0.729. The Balaban J connectivity index is 1.69. The van der Waals surface area contributed by atoms with Crippen molar-refractivity contribution in [3.8, 4) is 5.75 Å². The van der Waals surface area contributed by atoms with E-state index in [1.54, 1.807) is 0 Å². The summed E-state index contributed by atoms with van der Waals surface area (Å²) in [5.41, 5.74) is 1.39. The number of hydrogen-bond acceptors (Lipinski definition) is 4. The van der Waals surface area contributed by atoms with Crippen molar-refractivity contribution in [2.24, 2.45) is 0 Å². The molecule has 0 spiro atoms. The van der Waals surface area contributed by atoms with Gasteiger partial charge < -0.3 is 19.4 Å². The van der Waals surface area contributed by atoms with E-state index in [4.69, 9.17) is 4.74 Å². The summed E-state index contributed by atoms with van der Waals surface area (Å²) in [4.78, 5) is 7.13. The van der Waals surface area contributed by atoms with E-state index in [0.29, 0.717) is 0 Å². The Hall–Kier alpha value is -1.10. The summed E-state index contributed by atoms with van der Waals surface area (Å²) in [5, 5.41) is 0. The van der Waals surface area contributed by atoms with Gasteiger partial charge in [0.25, 0.3) is 0 Å². The topological polar surface area (TPSA) is 19.0 Å². The van der Waals surface area contributed by atoms with Crippen LogP contribution in [0.3, 0.4) is 0 Å². The summed E-state index contributed by atoms with van der Waals surface area (Å²) < 4.78 is 5.81. The van der Waals surface area contributed by atoms with Crippen molar-refractivity contribution in [1.82, 2.24) is 14.7 Å². The number of benzene rings is 1. The molecule has 1 heterocycles. The lowest BCUT2D eigenvalue weighted by molar-refractivity contribution is 0.153. The summed E-state index contributed by atoms with van der Waals surface area (Å²) in [5.74, 6) is 0.999. The fourth-order valence-electron chi connectivity index (χ4n) is 2.72. The first kappa shape index (κ1) is 17.3. The molecule has 0 radical (unpaired) electrons. The average molecular weight is 305 g/mol. The minimum Gasteiger partial charge on any atom is -0.492 e. The van der Waals surface area contributed by atoms with Crippen LogP contribution < -0.4 is 4.74 Å². The van der Waals surface area contributed by atoms with Crippen molar-refractivity contribution in [3.63, 3.8) is 0 Å². The molecular weight excluding hydrogens is 274 g/mol. The first-order valence-corrected chi connectivity index (χ1v) is 8.41. The molecule has 22 heavy (non-hydrogen) atoms. The number of nitrogens with zero attached hydrogens (tertiary/aromatic N) is 3. The zero-order valence-corrected chi connectivity index (χ0v) is 14.4. The summed E-state index contributed by atoms with van der Waals surface area (Å²) >= 11 is 0. The normalized spacial score (nSPS) is 17.1. The fraction of sp³-hybridized carbons (Fsp3) is 0.667. The lowest BCUT2D eigenvalue weighted by atomic mass is 10.1.